The van der Waals surface area contributed by atoms with Crippen LogP contribution in [0.2, 0.25) is 0 Å². The van der Waals surface area contributed by atoms with Crippen molar-refractivity contribution >= 4 is 19.8 Å². The highest BCUT2D eigenvalue weighted by Gasteiger charge is 2.51. The van der Waals surface area contributed by atoms with E-state index in [-0.39, 0.29) is 12.8 Å². The smallest absolute Gasteiger partial charge is 0.462 e. The first-order valence-corrected chi connectivity index (χ1v) is 25.3. The summed E-state index contributed by atoms with van der Waals surface area (Å²) in [7, 11) is -5.11. The van der Waals surface area contributed by atoms with Crippen LogP contribution in [0.4, 0.5) is 0 Å². The summed E-state index contributed by atoms with van der Waals surface area (Å²) < 4.78 is 33.6. The van der Waals surface area contributed by atoms with Crippen LogP contribution in [0.15, 0.2) is 0 Å². The number of phosphoric acid groups is 1. The molecule has 350 valence electrons. The molecule has 13 nitrogen and oxygen atoms in total. The normalized spacial score (nSPS) is 22.2. The number of hydrogen-bond acceptors (Lipinski definition) is 12. The van der Waals surface area contributed by atoms with E-state index < -0.39 is 75.7 Å². The monoisotopic (exact) mass is 867 g/mol. The van der Waals surface area contributed by atoms with E-state index in [2.05, 4.69) is 13.8 Å². The van der Waals surface area contributed by atoms with E-state index in [1.165, 1.54) is 141 Å². The second kappa shape index (κ2) is 36.3. The van der Waals surface area contributed by atoms with E-state index >= 15 is 0 Å². The first-order valence-electron chi connectivity index (χ1n) is 23.8. The van der Waals surface area contributed by atoms with Crippen LogP contribution in [0.3, 0.4) is 0 Å². The van der Waals surface area contributed by atoms with Gasteiger partial charge in [0.05, 0.1) is 6.61 Å². The molecule has 1 fully saturated rings. The van der Waals surface area contributed by atoms with Crippen molar-refractivity contribution in [2.24, 2.45) is 0 Å². The molecule has 0 aromatic rings. The Kier molecular flexibility index (Phi) is 34.4. The van der Waals surface area contributed by atoms with Gasteiger partial charge in [0.25, 0.3) is 0 Å². The maximum absolute atomic E-state index is 12.8. The van der Waals surface area contributed by atoms with Crippen LogP contribution in [-0.2, 0) is 32.7 Å². The molecule has 6 N–H and O–H groups in total. The Morgan fingerprint density at radius 3 is 1.12 bits per heavy atom. The summed E-state index contributed by atoms with van der Waals surface area (Å²) in [5, 5.41) is 50.1. The van der Waals surface area contributed by atoms with Crippen molar-refractivity contribution in [1.82, 2.24) is 0 Å². The van der Waals surface area contributed by atoms with Crippen LogP contribution in [0.1, 0.15) is 219 Å². The van der Waals surface area contributed by atoms with Gasteiger partial charge in [-0.1, -0.05) is 194 Å². The minimum absolute atomic E-state index is 0.105. The minimum Gasteiger partial charge on any atom is -0.462 e. The first-order chi connectivity index (χ1) is 28.4. The van der Waals surface area contributed by atoms with Gasteiger partial charge in [-0.25, -0.2) is 4.57 Å². The van der Waals surface area contributed by atoms with Crippen LogP contribution in [0.25, 0.3) is 0 Å². The van der Waals surface area contributed by atoms with Crippen LogP contribution >= 0.6 is 7.82 Å². The molecular weight excluding hydrogens is 779 g/mol. The zero-order valence-corrected chi connectivity index (χ0v) is 38.0. The highest BCUT2D eigenvalue weighted by molar-refractivity contribution is 7.47. The number of rotatable bonds is 40. The Labute approximate surface area is 357 Å². The summed E-state index contributed by atoms with van der Waals surface area (Å²) in [6.07, 6.45) is 23.0. The molecule has 1 rings (SSSR count). The zero-order valence-electron chi connectivity index (χ0n) is 37.1. The van der Waals surface area contributed by atoms with Gasteiger partial charge in [0.2, 0.25) is 0 Å². The molecule has 0 aromatic carbocycles. The van der Waals surface area contributed by atoms with E-state index in [0.29, 0.717) is 12.8 Å². The second-order valence-corrected chi connectivity index (χ2v) is 18.4. The number of carbonyl (C=O) groups excluding carboxylic acids is 2. The van der Waals surface area contributed by atoms with Crippen molar-refractivity contribution in [2.75, 3.05) is 13.2 Å². The molecule has 0 spiro atoms. The molecule has 1 aliphatic carbocycles. The van der Waals surface area contributed by atoms with Gasteiger partial charge in [0.1, 0.15) is 43.2 Å². The highest BCUT2D eigenvalue weighted by Crippen LogP contribution is 2.47. The molecule has 0 radical (unpaired) electrons. The average Bonchev–Trinajstić information content (AvgIpc) is 3.21. The van der Waals surface area contributed by atoms with E-state index in [1.807, 2.05) is 0 Å². The van der Waals surface area contributed by atoms with Crippen molar-refractivity contribution in [3.63, 3.8) is 0 Å². The molecule has 0 aliphatic heterocycles. The maximum Gasteiger partial charge on any atom is 0.472 e. The lowest BCUT2D eigenvalue weighted by molar-refractivity contribution is -0.220. The Morgan fingerprint density at radius 2 is 0.763 bits per heavy atom. The van der Waals surface area contributed by atoms with Crippen LogP contribution in [0.5, 0.6) is 0 Å². The van der Waals surface area contributed by atoms with E-state index in [0.717, 1.165) is 38.5 Å². The molecule has 1 saturated carbocycles. The molecule has 0 amide bonds. The molecule has 14 heteroatoms. The van der Waals surface area contributed by atoms with Gasteiger partial charge in [0.15, 0.2) is 6.10 Å². The van der Waals surface area contributed by atoms with Gasteiger partial charge in [-0.05, 0) is 12.8 Å². The van der Waals surface area contributed by atoms with Gasteiger partial charge in [-0.2, -0.15) is 0 Å². The molecule has 0 bridgehead atoms. The Hall–Kier alpha value is -1.15. The van der Waals surface area contributed by atoms with Gasteiger partial charge >= 0.3 is 19.8 Å². The highest BCUT2D eigenvalue weighted by atomic mass is 31.2. The number of hydrogen-bond donors (Lipinski definition) is 6. The summed E-state index contributed by atoms with van der Waals surface area (Å²) in [6, 6.07) is 0. The fraction of sp³-hybridized carbons (Fsp3) is 0.956. The number of carbonyl (C=O) groups is 2. The summed E-state index contributed by atoms with van der Waals surface area (Å²) in [5.74, 6) is -1.08. The number of unbranched alkanes of at least 4 members (excludes halogenated alkanes) is 28. The topological polar surface area (TPSA) is 210 Å². The Bertz CT molecular complexity index is 1050. The minimum atomic E-state index is -5.11. The molecule has 1 aliphatic rings. The third-order valence-electron chi connectivity index (χ3n) is 11.4. The van der Waals surface area contributed by atoms with E-state index in [9.17, 15) is 44.6 Å². The summed E-state index contributed by atoms with van der Waals surface area (Å²) >= 11 is 0. The number of ether oxygens (including phenoxy) is 2. The van der Waals surface area contributed by atoms with Crippen molar-refractivity contribution in [2.45, 2.75) is 262 Å². The summed E-state index contributed by atoms with van der Waals surface area (Å²) in [6.45, 7) is 3.33. The number of aliphatic hydroxyl groups excluding tert-OH is 5. The lowest BCUT2D eigenvalue weighted by atomic mass is 9.85. The predicted molar refractivity (Wildman–Crippen MR) is 231 cm³/mol. The summed E-state index contributed by atoms with van der Waals surface area (Å²) in [5.41, 5.74) is 0. The standard InChI is InChI=1S/C45H87O13P/c1-3-5-7-9-11-13-15-17-19-20-22-24-26-28-30-32-34-39(47)57-37(36-56-59(53,54)58-45-43(51)41(49)40(48)42(50)44(45)52)35-55-38(46)33-31-29-27-25-23-21-18-16-14-12-10-8-6-4-2/h37,40-45,48-52H,3-36H2,1-2H3,(H,53,54)/t37-,40?,41+,42?,43?,44?,45?/m1/s1. The largest absolute Gasteiger partial charge is 0.472 e. The number of phosphoric ester groups is 1. The Morgan fingerprint density at radius 1 is 0.458 bits per heavy atom. The number of aliphatic hydroxyl groups is 5. The predicted octanol–water partition coefficient (Wildman–Crippen LogP) is 9.28. The van der Waals surface area contributed by atoms with Gasteiger partial charge in [-0.15, -0.1) is 0 Å². The molecule has 0 saturated heterocycles. The second-order valence-electron chi connectivity index (χ2n) is 17.0. The third kappa shape index (κ3) is 29.0. The molecule has 6 unspecified atom stereocenters. The van der Waals surface area contributed by atoms with Crippen molar-refractivity contribution in [3.05, 3.63) is 0 Å². The van der Waals surface area contributed by atoms with Crippen molar-refractivity contribution in [3.8, 4) is 0 Å². The average molecular weight is 867 g/mol. The van der Waals surface area contributed by atoms with E-state index in [1.54, 1.807) is 0 Å². The van der Waals surface area contributed by atoms with Gasteiger partial charge in [0, 0.05) is 12.8 Å². The van der Waals surface area contributed by atoms with Crippen molar-refractivity contribution in [1.29, 1.82) is 0 Å². The zero-order chi connectivity index (χ0) is 43.6. The molecular formula is C45H87O13P. The third-order valence-corrected chi connectivity index (χ3v) is 12.4. The van der Waals surface area contributed by atoms with Crippen LogP contribution in [-0.4, -0.2) is 98.3 Å². The van der Waals surface area contributed by atoms with Crippen LogP contribution < -0.4 is 0 Å². The first kappa shape index (κ1) is 55.9. The lowest BCUT2D eigenvalue weighted by Crippen LogP contribution is -2.64. The Balaban J connectivity index is 2.43. The lowest BCUT2D eigenvalue weighted by Gasteiger charge is -2.41. The fourth-order valence-corrected chi connectivity index (χ4v) is 8.56. The van der Waals surface area contributed by atoms with E-state index in [4.69, 9.17) is 18.5 Å². The maximum atomic E-state index is 12.8. The van der Waals surface area contributed by atoms with Crippen molar-refractivity contribution < 1.29 is 63.1 Å². The quantitative estimate of drug-likeness (QED) is 0.0193. The molecule has 0 heterocycles. The molecule has 59 heavy (non-hydrogen) atoms. The SMILES string of the molecule is CCCCCCCCCCCCCCCCCCC(=O)O[C@H](COC(=O)CCCCCCCCCCCCCCCC)COP(=O)(O)OC1C(O)C(O)C(O)[C@H](O)C1O. The summed E-state index contributed by atoms with van der Waals surface area (Å²) in [4.78, 5) is 35.7. The molecule has 0 aromatic heterocycles. The molecule has 8 atom stereocenters. The number of esters is 2. The van der Waals surface area contributed by atoms with Gasteiger partial charge < -0.3 is 39.9 Å². The van der Waals surface area contributed by atoms with Crippen LogP contribution in [0, 0.1) is 0 Å². The van der Waals surface area contributed by atoms with Gasteiger partial charge in [-0.3, -0.25) is 18.6 Å². The fourth-order valence-electron chi connectivity index (χ4n) is 7.58.